The molecular weight excluding hydrogens is 238 g/mol. The standard InChI is InChI=1S/C12H21NO5/c1-3-17-11(15)6-5-9-13-10(14)7-8-12(16)18-4-2/h3-9H2,1-2H3,(H,13,14). The molecule has 18 heavy (non-hydrogen) atoms. The lowest BCUT2D eigenvalue weighted by Crippen LogP contribution is -2.25. The molecule has 6 nitrogen and oxygen atoms in total. The Hall–Kier alpha value is -1.59. The van der Waals surface area contributed by atoms with Gasteiger partial charge < -0.3 is 14.8 Å². The molecule has 1 N–H and O–H groups in total. The minimum atomic E-state index is -0.376. The Bertz CT molecular complexity index is 278. The lowest BCUT2D eigenvalue weighted by molar-refractivity contribution is -0.144. The number of amides is 1. The van der Waals surface area contributed by atoms with E-state index in [1.54, 1.807) is 13.8 Å². The molecule has 104 valence electrons. The van der Waals surface area contributed by atoms with Crippen LogP contribution in [0.4, 0.5) is 0 Å². The molecule has 1 amide bonds. The fourth-order valence-corrected chi connectivity index (χ4v) is 1.23. The highest BCUT2D eigenvalue weighted by atomic mass is 16.5. The van der Waals surface area contributed by atoms with Crippen molar-refractivity contribution in [2.45, 2.75) is 39.5 Å². The smallest absolute Gasteiger partial charge is 0.306 e. The number of carbonyl (C=O) groups excluding carboxylic acids is 3. The number of rotatable bonds is 9. The summed E-state index contributed by atoms with van der Waals surface area (Å²) in [5, 5.41) is 2.62. The van der Waals surface area contributed by atoms with E-state index in [0.717, 1.165) is 0 Å². The molecule has 0 heterocycles. The molecule has 6 heteroatoms. The quantitative estimate of drug-likeness (QED) is 0.489. The van der Waals surface area contributed by atoms with Gasteiger partial charge in [-0.15, -0.1) is 0 Å². The van der Waals surface area contributed by atoms with Crippen molar-refractivity contribution in [1.29, 1.82) is 0 Å². The minimum Gasteiger partial charge on any atom is -0.466 e. The highest BCUT2D eigenvalue weighted by Crippen LogP contribution is 1.95. The minimum absolute atomic E-state index is 0.0809. The normalized spacial score (nSPS) is 9.67. The lowest BCUT2D eigenvalue weighted by atomic mass is 10.2. The summed E-state index contributed by atoms with van der Waals surface area (Å²) in [7, 11) is 0. The Morgan fingerprint density at radius 3 is 2.00 bits per heavy atom. The van der Waals surface area contributed by atoms with Crippen LogP contribution in [0.15, 0.2) is 0 Å². The Balaban J connectivity index is 3.48. The summed E-state index contributed by atoms with van der Waals surface area (Å²) in [5.41, 5.74) is 0. The van der Waals surface area contributed by atoms with E-state index < -0.39 is 0 Å². The van der Waals surface area contributed by atoms with E-state index in [1.807, 2.05) is 0 Å². The van der Waals surface area contributed by atoms with E-state index >= 15 is 0 Å². The Labute approximate surface area is 107 Å². The Morgan fingerprint density at radius 1 is 0.889 bits per heavy atom. The van der Waals surface area contributed by atoms with Gasteiger partial charge in [0, 0.05) is 19.4 Å². The van der Waals surface area contributed by atoms with Crippen LogP contribution in [0.25, 0.3) is 0 Å². The number of esters is 2. The van der Waals surface area contributed by atoms with Crippen molar-refractivity contribution in [2.24, 2.45) is 0 Å². The third-order valence-electron chi connectivity index (χ3n) is 2.05. The van der Waals surface area contributed by atoms with Gasteiger partial charge in [-0.05, 0) is 20.3 Å². The number of hydrogen-bond donors (Lipinski definition) is 1. The highest BCUT2D eigenvalue weighted by molar-refractivity contribution is 5.81. The molecule has 0 atom stereocenters. The van der Waals surface area contributed by atoms with Crippen molar-refractivity contribution in [3.8, 4) is 0 Å². The second-order valence-electron chi connectivity index (χ2n) is 3.56. The van der Waals surface area contributed by atoms with E-state index in [9.17, 15) is 14.4 Å². The molecule has 0 rings (SSSR count). The summed E-state index contributed by atoms with van der Waals surface area (Å²) in [5.74, 6) is -0.857. The highest BCUT2D eigenvalue weighted by Gasteiger charge is 2.07. The molecule has 0 saturated carbocycles. The summed E-state index contributed by atoms with van der Waals surface area (Å²) < 4.78 is 9.44. The van der Waals surface area contributed by atoms with Crippen LogP contribution >= 0.6 is 0 Å². The molecule has 0 unspecified atom stereocenters. The second kappa shape index (κ2) is 10.6. The molecule has 0 fully saturated rings. The van der Waals surface area contributed by atoms with Gasteiger partial charge in [0.25, 0.3) is 0 Å². The van der Waals surface area contributed by atoms with Crippen molar-refractivity contribution in [2.75, 3.05) is 19.8 Å². The molecule has 0 spiro atoms. The molecule has 0 radical (unpaired) electrons. The predicted molar refractivity (Wildman–Crippen MR) is 64.7 cm³/mol. The maximum atomic E-state index is 11.3. The monoisotopic (exact) mass is 259 g/mol. The van der Waals surface area contributed by atoms with Crippen LogP contribution in [0.5, 0.6) is 0 Å². The number of carbonyl (C=O) groups is 3. The average Bonchev–Trinajstić information content (AvgIpc) is 2.33. The molecule has 0 aliphatic rings. The maximum Gasteiger partial charge on any atom is 0.306 e. The van der Waals surface area contributed by atoms with Crippen LogP contribution in [0.3, 0.4) is 0 Å². The molecule has 0 aromatic heterocycles. The SMILES string of the molecule is CCOC(=O)CCCNC(=O)CCC(=O)OCC. The first-order valence-corrected chi connectivity index (χ1v) is 6.18. The van der Waals surface area contributed by atoms with E-state index in [1.165, 1.54) is 0 Å². The van der Waals surface area contributed by atoms with Crippen LogP contribution in [0, 0.1) is 0 Å². The Kier molecular flexibility index (Phi) is 9.62. The summed E-state index contributed by atoms with van der Waals surface area (Å²) in [4.78, 5) is 33.2. The molecule has 0 aliphatic carbocycles. The first-order valence-electron chi connectivity index (χ1n) is 6.18. The van der Waals surface area contributed by atoms with Gasteiger partial charge in [-0.25, -0.2) is 0 Å². The second-order valence-corrected chi connectivity index (χ2v) is 3.56. The van der Waals surface area contributed by atoms with E-state index in [2.05, 4.69) is 5.32 Å². The lowest BCUT2D eigenvalue weighted by Gasteiger charge is -2.05. The van der Waals surface area contributed by atoms with Crippen LogP contribution in [-0.2, 0) is 23.9 Å². The van der Waals surface area contributed by atoms with Gasteiger partial charge >= 0.3 is 11.9 Å². The molecule has 0 aliphatic heterocycles. The first-order chi connectivity index (χ1) is 8.60. The third kappa shape index (κ3) is 9.62. The van der Waals surface area contributed by atoms with Gasteiger partial charge in [0.05, 0.1) is 19.6 Å². The van der Waals surface area contributed by atoms with Gasteiger partial charge in [-0.2, -0.15) is 0 Å². The summed E-state index contributed by atoms with van der Waals surface area (Å²) in [6.07, 6.45) is 1.01. The topological polar surface area (TPSA) is 81.7 Å². The van der Waals surface area contributed by atoms with Gasteiger partial charge in [-0.1, -0.05) is 0 Å². The molecular formula is C12H21NO5. The fraction of sp³-hybridized carbons (Fsp3) is 0.750. The fourth-order valence-electron chi connectivity index (χ4n) is 1.23. The van der Waals surface area contributed by atoms with Crippen molar-refractivity contribution in [3.63, 3.8) is 0 Å². The van der Waals surface area contributed by atoms with Crippen LogP contribution in [0.1, 0.15) is 39.5 Å². The van der Waals surface area contributed by atoms with Crippen molar-refractivity contribution in [3.05, 3.63) is 0 Å². The molecule has 0 bridgehead atoms. The average molecular weight is 259 g/mol. The van der Waals surface area contributed by atoms with Gasteiger partial charge in [0.1, 0.15) is 0 Å². The molecule has 0 aromatic rings. The van der Waals surface area contributed by atoms with Crippen molar-refractivity contribution < 1.29 is 23.9 Å². The Morgan fingerprint density at radius 2 is 1.44 bits per heavy atom. The van der Waals surface area contributed by atoms with Crippen molar-refractivity contribution >= 4 is 17.8 Å². The number of nitrogens with one attached hydrogen (secondary N) is 1. The zero-order valence-electron chi connectivity index (χ0n) is 11.0. The van der Waals surface area contributed by atoms with Gasteiger partial charge in [0.2, 0.25) is 5.91 Å². The number of hydrogen-bond acceptors (Lipinski definition) is 5. The first kappa shape index (κ1) is 16.4. The van der Waals surface area contributed by atoms with E-state index in [0.29, 0.717) is 26.2 Å². The van der Waals surface area contributed by atoms with Crippen LogP contribution in [-0.4, -0.2) is 37.6 Å². The van der Waals surface area contributed by atoms with Gasteiger partial charge in [0.15, 0.2) is 0 Å². The maximum absolute atomic E-state index is 11.3. The van der Waals surface area contributed by atoms with Crippen LogP contribution < -0.4 is 5.32 Å². The van der Waals surface area contributed by atoms with E-state index in [4.69, 9.17) is 9.47 Å². The van der Waals surface area contributed by atoms with Crippen molar-refractivity contribution in [1.82, 2.24) is 5.32 Å². The number of ether oxygens (including phenoxy) is 2. The van der Waals surface area contributed by atoms with E-state index in [-0.39, 0.29) is 37.1 Å². The zero-order chi connectivity index (χ0) is 13.8. The molecule has 0 aromatic carbocycles. The predicted octanol–water partition coefficient (Wildman–Crippen LogP) is 0.789. The van der Waals surface area contributed by atoms with Gasteiger partial charge in [-0.3, -0.25) is 14.4 Å². The third-order valence-corrected chi connectivity index (χ3v) is 2.05. The summed E-state index contributed by atoms with van der Waals surface area (Å²) in [6.45, 7) is 4.55. The van der Waals surface area contributed by atoms with Crippen LogP contribution in [0.2, 0.25) is 0 Å². The zero-order valence-corrected chi connectivity index (χ0v) is 11.0. The largest absolute Gasteiger partial charge is 0.466 e. The summed E-state index contributed by atoms with van der Waals surface area (Å²) in [6, 6.07) is 0. The molecule has 0 saturated heterocycles. The summed E-state index contributed by atoms with van der Waals surface area (Å²) >= 11 is 0.